The first-order valence-electron chi connectivity index (χ1n) is 21.1. The summed E-state index contributed by atoms with van der Waals surface area (Å²) >= 11 is 0. The molecule has 0 saturated heterocycles. The van der Waals surface area contributed by atoms with E-state index >= 15 is 0 Å². The fraction of sp³-hybridized carbons (Fsp3) is 0.907. The van der Waals surface area contributed by atoms with Crippen LogP contribution in [-0.2, 0) is 19.1 Å². The predicted molar refractivity (Wildman–Crippen MR) is 204 cm³/mol. The first-order chi connectivity index (χ1) is 23.1. The van der Waals surface area contributed by atoms with E-state index in [-0.39, 0.29) is 18.0 Å². The number of carbonyl (C=O) groups is 2. The van der Waals surface area contributed by atoms with Crippen LogP contribution >= 0.6 is 0 Å². The van der Waals surface area contributed by atoms with Gasteiger partial charge in [-0.25, -0.2) is 4.79 Å². The quantitative estimate of drug-likeness (QED) is 0.0373. The van der Waals surface area contributed by atoms with Crippen LogP contribution in [0.15, 0.2) is 12.2 Å². The molecule has 0 bridgehead atoms. The lowest BCUT2D eigenvalue weighted by Crippen LogP contribution is -2.14. The first kappa shape index (κ1) is 45.7. The molecule has 0 radical (unpaired) electrons. The van der Waals surface area contributed by atoms with E-state index in [1.165, 1.54) is 193 Å². The Kier molecular flexibility index (Phi) is 38.0. The highest BCUT2D eigenvalue weighted by Gasteiger charge is 2.14. The average molecular weight is 663 g/mol. The zero-order valence-corrected chi connectivity index (χ0v) is 32.0. The molecule has 0 atom stereocenters. The monoisotopic (exact) mass is 663 g/mol. The maximum Gasteiger partial charge on any atom is 0.333 e. The van der Waals surface area contributed by atoms with Crippen LogP contribution in [0, 0.1) is 0 Å². The summed E-state index contributed by atoms with van der Waals surface area (Å²) in [5.41, 5.74) is 0.199. The third-order valence-corrected chi connectivity index (χ3v) is 9.64. The van der Waals surface area contributed by atoms with Crippen molar-refractivity contribution in [2.75, 3.05) is 13.2 Å². The molecule has 0 spiro atoms. The summed E-state index contributed by atoms with van der Waals surface area (Å²) in [5, 5.41) is 0. The van der Waals surface area contributed by atoms with E-state index in [4.69, 9.17) is 9.47 Å². The SMILES string of the molecule is C=C(CC(=O)OCCCCCCCCCCCCCCCCCCC)C(=O)OCCCCCCCCCCCCCCCCCCC. The lowest BCUT2D eigenvalue weighted by Gasteiger charge is -2.08. The largest absolute Gasteiger partial charge is 0.465 e. The summed E-state index contributed by atoms with van der Waals surface area (Å²) in [6.07, 6.45) is 45.1. The molecule has 0 aromatic carbocycles. The van der Waals surface area contributed by atoms with Crippen LogP contribution in [0.4, 0.5) is 0 Å². The van der Waals surface area contributed by atoms with Crippen LogP contribution in [0.25, 0.3) is 0 Å². The van der Waals surface area contributed by atoms with Crippen LogP contribution < -0.4 is 0 Å². The van der Waals surface area contributed by atoms with Crippen molar-refractivity contribution in [2.24, 2.45) is 0 Å². The van der Waals surface area contributed by atoms with E-state index in [0.29, 0.717) is 13.2 Å². The Balaban J connectivity index is 3.37. The minimum Gasteiger partial charge on any atom is -0.465 e. The highest BCUT2D eigenvalue weighted by molar-refractivity contribution is 5.93. The molecule has 4 nitrogen and oxygen atoms in total. The topological polar surface area (TPSA) is 52.6 Å². The van der Waals surface area contributed by atoms with E-state index in [1.807, 2.05) is 0 Å². The van der Waals surface area contributed by atoms with Gasteiger partial charge in [0.25, 0.3) is 0 Å². The normalized spacial score (nSPS) is 11.2. The summed E-state index contributed by atoms with van der Waals surface area (Å²) in [6.45, 7) is 9.15. The fourth-order valence-corrected chi connectivity index (χ4v) is 6.40. The van der Waals surface area contributed by atoms with Crippen molar-refractivity contribution in [1.29, 1.82) is 0 Å². The summed E-state index contributed by atoms with van der Waals surface area (Å²) in [6, 6.07) is 0. The van der Waals surface area contributed by atoms with E-state index in [2.05, 4.69) is 20.4 Å². The van der Waals surface area contributed by atoms with Gasteiger partial charge in [0.1, 0.15) is 0 Å². The number of rotatable bonds is 39. The lowest BCUT2D eigenvalue weighted by atomic mass is 10.0. The van der Waals surface area contributed by atoms with Crippen LogP contribution in [0.1, 0.15) is 239 Å². The molecule has 47 heavy (non-hydrogen) atoms. The van der Waals surface area contributed by atoms with Crippen molar-refractivity contribution in [2.45, 2.75) is 239 Å². The molecule has 0 rings (SSSR count). The van der Waals surface area contributed by atoms with E-state index in [9.17, 15) is 9.59 Å². The van der Waals surface area contributed by atoms with Crippen LogP contribution in [0.3, 0.4) is 0 Å². The highest BCUT2D eigenvalue weighted by Crippen LogP contribution is 2.16. The minimum atomic E-state index is -0.462. The summed E-state index contributed by atoms with van der Waals surface area (Å²) in [7, 11) is 0. The zero-order valence-electron chi connectivity index (χ0n) is 32.0. The Morgan fingerprint density at radius 3 is 0.872 bits per heavy atom. The smallest absolute Gasteiger partial charge is 0.333 e. The number of hydrogen-bond acceptors (Lipinski definition) is 4. The standard InChI is InChI=1S/C43H82O4/c1-4-6-8-10-12-14-16-18-20-22-24-26-28-30-32-34-36-38-46-42(44)40-41(3)43(45)47-39-37-35-33-31-29-27-25-23-21-19-17-15-13-11-9-7-5-2/h3-40H2,1-2H3. The molecule has 0 N–H and O–H groups in total. The van der Waals surface area contributed by atoms with Crippen LogP contribution in [0.2, 0.25) is 0 Å². The van der Waals surface area contributed by atoms with Gasteiger partial charge in [0.2, 0.25) is 0 Å². The zero-order chi connectivity index (χ0) is 34.3. The summed E-state index contributed by atoms with van der Waals surface area (Å²) in [5.74, 6) is -0.836. The molecular formula is C43H82O4. The molecule has 0 aromatic heterocycles. The second kappa shape index (κ2) is 39.1. The molecule has 0 aliphatic heterocycles. The van der Waals surface area contributed by atoms with E-state index in [1.54, 1.807) is 0 Å². The Morgan fingerprint density at radius 2 is 0.596 bits per heavy atom. The van der Waals surface area contributed by atoms with Gasteiger partial charge in [0.15, 0.2) is 0 Å². The molecule has 0 aliphatic rings. The Labute approximate surface area is 294 Å². The molecule has 0 amide bonds. The van der Waals surface area contributed by atoms with Crippen molar-refractivity contribution in [3.63, 3.8) is 0 Å². The van der Waals surface area contributed by atoms with Crippen LogP contribution in [0.5, 0.6) is 0 Å². The fourth-order valence-electron chi connectivity index (χ4n) is 6.40. The molecule has 4 heteroatoms. The first-order valence-corrected chi connectivity index (χ1v) is 21.1. The van der Waals surface area contributed by atoms with Gasteiger partial charge in [0, 0.05) is 5.57 Å². The molecule has 0 aliphatic carbocycles. The summed E-state index contributed by atoms with van der Waals surface area (Å²) < 4.78 is 10.6. The lowest BCUT2D eigenvalue weighted by molar-refractivity contribution is -0.146. The van der Waals surface area contributed by atoms with Crippen molar-refractivity contribution >= 4 is 11.9 Å². The predicted octanol–water partition coefficient (Wildman–Crippen LogP) is 14.3. The van der Waals surface area contributed by atoms with Crippen molar-refractivity contribution < 1.29 is 19.1 Å². The molecular weight excluding hydrogens is 580 g/mol. The average Bonchev–Trinajstić information content (AvgIpc) is 3.07. The molecule has 0 heterocycles. The van der Waals surface area contributed by atoms with Gasteiger partial charge in [0.05, 0.1) is 19.6 Å². The van der Waals surface area contributed by atoms with Gasteiger partial charge in [-0.15, -0.1) is 0 Å². The van der Waals surface area contributed by atoms with Crippen molar-refractivity contribution in [3.05, 3.63) is 12.2 Å². The Bertz CT molecular complexity index is 673. The number of unbranched alkanes of at least 4 members (excludes halogenated alkanes) is 32. The van der Waals surface area contributed by atoms with Gasteiger partial charge < -0.3 is 9.47 Å². The van der Waals surface area contributed by atoms with Crippen molar-refractivity contribution in [3.8, 4) is 0 Å². The second-order valence-electron chi connectivity index (χ2n) is 14.5. The van der Waals surface area contributed by atoms with E-state index < -0.39 is 5.97 Å². The molecule has 0 fully saturated rings. The van der Waals surface area contributed by atoms with Crippen molar-refractivity contribution in [1.82, 2.24) is 0 Å². The minimum absolute atomic E-state index is 0.0726. The number of esters is 2. The molecule has 0 aromatic rings. The Hall–Kier alpha value is -1.32. The molecule has 0 saturated carbocycles. The van der Waals surface area contributed by atoms with Gasteiger partial charge in [-0.2, -0.15) is 0 Å². The van der Waals surface area contributed by atoms with Gasteiger partial charge >= 0.3 is 11.9 Å². The third-order valence-electron chi connectivity index (χ3n) is 9.64. The second-order valence-corrected chi connectivity index (χ2v) is 14.5. The molecule has 0 unspecified atom stereocenters. The number of carbonyl (C=O) groups excluding carboxylic acids is 2. The van der Waals surface area contributed by atoms with Gasteiger partial charge in [-0.05, 0) is 12.8 Å². The number of hydrogen-bond donors (Lipinski definition) is 0. The Morgan fingerprint density at radius 1 is 0.362 bits per heavy atom. The van der Waals surface area contributed by atoms with Gasteiger partial charge in [-0.1, -0.05) is 226 Å². The third kappa shape index (κ3) is 37.4. The van der Waals surface area contributed by atoms with E-state index in [0.717, 1.165) is 25.7 Å². The maximum atomic E-state index is 12.2. The number of ether oxygens (including phenoxy) is 2. The summed E-state index contributed by atoms with van der Waals surface area (Å²) in [4.78, 5) is 24.2. The highest BCUT2D eigenvalue weighted by atomic mass is 16.5. The van der Waals surface area contributed by atoms with Gasteiger partial charge in [-0.3, -0.25) is 4.79 Å². The maximum absolute atomic E-state index is 12.2. The van der Waals surface area contributed by atoms with Crippen LogP contribution in [-0.4, -0.2) is 25.2 Å². The molecule has 278 valence electrons.